The van der Waals surface area contributed by atoms with Crippen molar-refractivity contribution in [1.82, 2.24) is 0 Å². The lowest BCUT2D eigenvalue weighted by Crippen LogP contribution is -2.01. The number of carbonyl (C=O) groups excluding carboxylic acids is 1. The molecule has 0 aliphatic rings. The van der Waals surface area contributed by atoms with Crippen LogP contribution in [0.15, 0.2) is 4.99 Å². The van der Waals surface area contributed by atoms with Crippen LogP contribution in [0.3, 0.4) is 0 Å². The van der Waals surface area contributed by atoms with E-state index >= 15 is 0 Å². The highest BCUT2D eigenvalue weighted by Crippen LogP contribution is 1.53. The number of nitrogens with two attached hydrogens (primary N) is 1. The minimum Gasteiger partial charge on any atom is -0.350 e. The van der Waals surface area contributed by atoms with Gasteiger partial charge in [-0.05, 0) is 6.72 Å². The first kappa shape index (κ1) is 4.14. The second-order valence-corrected chi connectivity index (χ2v) is 0.496. The zero-order valence-electron chi connectivity index (χ0n) is 2.64. The Morgan fingerprint density at radius 2 is 2.40 bits per heavy atom. The van der Waals surface area contributed by atoms with Crippen LogP contribution in [0.1, 0.15) is 1.43 Å². The fourth-order valence-electron chi connectivity index (χ4n) is 0. The lowest BCUT2D eigenvalue weighted by Gasteiger charge is -1.66. The third-order valence-corrected chi connectivity index (χ3v) is 0.156. The Labute approximate surface area is 31.0 Å². The van der Waals surface area contributed by atoms with Crippen molar-refractivity contribution in [3.8, 4) is 0 Å². The molecule has 0 aliphatic carbocycles. The van der Waals surface area contributed by atoms with E-state index in [1.165, 1.54) is 0 Å². The number of aliphatic imine (C=N–C) groups is 1. The first-order chi connectivity index (χ1) is 2.27. The molecule has 0 atom stereocenters. The average Bonchev–Trinajstić information content (AvgIpc) is 1.38. The molecule has 3 nitrogen and oxygen atoms in total. The van der Waals surface area contributed by atoms with Crippen molar-refractivity contribution in [2.45, 2.75) is 0 Å². The van der Waals surface area contributed by atoms with Crippen LogP contribution in [0.25, 0.3) is 0 Å². The lowest BCUT2D eigenvalue weighted by molar-refractivity contribution is 0.257. The maximum Gasteiger partial charge on any atom is 0.337 e. The molecular formula is C2H6N2O. The summed E-state index contributed by atoms with van der Waals surface area (Å²) in [5, 5.41) is 0. The smallest absolute Gasteiger partial charge is 0.337 e. The molecule has 0 rings (SSSR count). The first-order valence-corrected chi connectivity index (χ1v) is 1.03. The molecule has 0 radical (unpaired) electrons. The molecule has 0 aromatic rings. The molecule has 0 heterocycles. The number of hydrogen-bond acceptors (Lipinski definition) is 1. The molecule has 3 heteroatoms. The number of primary amides is 1. The normalized spacial score (nSPS) is 6.40. The third-order valence-electron chi connectivity index (χ3n) is 0.156. The fraction of sp³-hybridized carbons (Fsp3) is 0. The van der Waals surface area contributed by atoms with Crippen LogP contribution in [0.4, 0.5) is 4.79 Å². The number of rotatable bonds is 0. The molecule has 2 N–H and O–H groups in total. The van der Waals surface area contributed by atoms with Crippen LogP contribution in [-0.2, 0) is 0 Å². The van der Waals surface area contributed by atoms with Gasteiger partial charge in [-0.1, -0.05) is 0 Å². The van der Waals surface area contributed by atoms with Crippen molar-refractivity contribution < 1.29 is 6.22 Å². The second-order valence-electron chi connectivity index (χ2n) is 0.496. The highest BCUT2D eigenvalue weighted by molar-refractivity contribution is 5.76. The topological polar surface area (TPSA) is 55.4 Å². The Kier molecular flexibility index (Phi) is 1.21. The van der Waals surface area contributed by atoms with Gasteiger partial charge in [-0.2, -0.15) is 0 Å². The standard InChI is InChI=1S/C2H4N2O.H2/c1-4-2(3)5;/h1H2,(H2,3,5);1H/i;1+2. The molecule has 0 saturated heterocycles. The molecule has 0 bridgehead atoms. The highest BCUT2D eigenvalue weighted by Gasteiger charge is 1.70. The summed E-state index contributed by atoms with van der Waals surface area (Å²) in [5.41, 5.74) is 4.42. The minimum absolute atomic E-state index is 0. The number of amides is 2. The van der Waals surface area contributed by atoms with Gasteiger partial charge in [0.15, 0.2) is 0 Å². The zero-order chi connectivity index (χ0) is 4.28. The van der Waals surface area contributed by atoms with Gasteiger partial charge < -0.3 is 5.73 Å². The van der Waals surface area contributed by atoms with Gasteiger partial charge in [0.2, 0.25) is 0 Å². The number of urea groups is 1. The lowest BCUT2D eigenvalue weighted by atomic mass is 11.1. The van der Waals surface area contributed by atoms with Crippen molar-refractivity contribution in [3.05, 3.63) is 0 Å². The monoisotopic (exact) mass is 76.1 g/mol. The van der Waals surface area contributed by atoms with E-state index < -0.39 is 6.03 Å². The van der Waals surface area contributed by atoms with Crippen molar-refractivity contribution in [3.63, 3.8) is 0 Å². The summed E-state index contributed by atoms with van der Waals surface area (Å²) < 4.78 is 0. The fourth-order valence-corrected chi connectivity index (χ4v) is 0. The maximum atomic E-state index is 9.36. The van der Waals surface area contributed by atoms with Crippen LogP contribution in [0, 0.1) is 0 Å². The summed E-state index contributed by atoms with van der Waals surface area (Å²) in [5.74, 6) is 0. The molecule has 0 aliphatic heterocycles. The molecule has 0 aromatic heterocycles. The molecule has 30 valence electrons. The Hall–Kier alpha value is -0.860. The Balaban J connectivity index is 0. The number of hydrogen-bond donors (Lipinski definition) is 1. The van der Waals surface area contributed by atoms with E-state index in [1.807, 2.05) is 0 Å². The van der Waals surface area contributed by atoms with Crippen molar-refractivity contribution >= 4 is 12.7 Å². The van der Waals surface area contributed by atoms with E-state index in [9.17, 15) is 4.79 Å². The zero-order valence-corrected chi connectivity index (χ0v) is 2.64. The van der Waals surface area contributed by atoms with E-state index in [0.29, 0.717) is 0 Å². The average molecular weight is 76.1 g/mol. The molecule has 0 aromatic carbocycles. The van der Waals surface area contributed by atoms with E-state index in [4.69, 9.17) is 0 Å². The Bertz CT molecular complexity index is 62.6. The second kappa shape index (κ2) is 1.46. The third kappa shape index (κ3) is 3.14. The molecule has 5 heavy (non-hydrogen) atoms. The number of nitrogens with zero attached hydrogens (tertiary/aromatic N) is 1. The van der Waals surface area contributed by atoms with Gasteiger partial charge in [0.25, 0.3) is 0 Å². The first-order valence-electron chi connectivity index (χ1n) is 1.03. The van der Waals surface area contributed by atoms with Crippen LogP contribution >= 0.6 is 0 Å². The molecule has 0 saturated carbocycles. The molecular weight excluding hydrogens is 68.0 g/mol. The molecule has 2 amide bonds. The van der Waals surface area contributed by atoms with E-state index in [0.717, 1.165) is 0 Å². The Morgan fingerprint density at radius 3 is 2.40 bits per heavy atom. The van der Waals surface area contributed by atoms with Crippen molar-refractivity contribution in [2.24, 2.45) is 10.7 Å². The minimum atomic E-state index is -0.731. The molecule has 0 spiro atoms. The van der Waals surface area contributed by atoms with Gasteiger partial charge in [0.05, 0.1) is 0 Å². The van der Waals surface area contributed by atoms with Crippen LogP contribution < -0.4 is 5.73 Å². The van der Waals surface area contributed by atoms with Crippen molar-refractivity contribution in [2.75, 3.05) is 0 Å². The summed E-state index contributed by atoms with van der Waals surface area (Å²) in [6.45, 7) is 2.84. The predicted octanol–water partition coefficient (Wildman–Crippen LogP) is 0.0117. The van der Waals surface area contributed by atoms with E-state index in [-0.39, 0.29) is 1.43 Å². The Morgan fingerprint density at radius 1 is 2.20 bits per heavy atom. The van der Waals surface area contributed by atoms with Gasteiger partial charge in [-0.15, -0.1) is 0 Å². The van der Waals surface area contributed by atoms with Crippen LogP contribution in [0.2, 0.25) is 0 Å². The quantitative estimate of drug-likeness (QED) is 0.406. The van der Waals surface area contributed by atoms with Gasteiger partial charge >= 0.3 is 6.03 Å². The molecule has 0 unspecified atom stereocenters. The SMILES string of the molecule is C=NC(N)=O.[3HH]. The summed E-state index contributed by atoms with van der Waals surface area (Å²) >= 11 is 0. The largest absolute Gasteiger partial charge is 0.350 e. The van der Waals surface area contributed by atoms with Gasteiger partial charge in [-0.25, -0.2) is 9.79 Å². The van der Waals surface area contributed by atoms with Crippen LogP contribution in [0.5, 0.6) is 0 Å². The highest BCUT2D eigenvalue weighted by atomic mass is 16.2. The van der Waals surface area contributed by atoms with Gasteiger partial charge in [-0.3, -0.25) is 0 Å². The summed E-state index contributed by atoms with van der Waals surface area (Å²) in [6.07, 6.45) is 0. The maximum absolute atomic E-state index is 9.36. The van der Waals surface area contributed by atoms with E-state index in [1.54, 1.807) is 0 Å². The number of carbonyl (C=O) groups is 1. The summed E-state index contributed by atoms with van der Waals surface area (Å²) in [4.78, 5) is 12.1. The van der Waals surface area contributed by atoms with E-state index in [2.05, 4.69) is 17.4 Å². The van der Waals surface area contributed by atoms with Crippen LogP contribution in [-0.4, -0.2) is 12.7 Å². The van der Waals surface area contributed by atoms with Gasteiger partial charge in [0.1, 0.15) is 0 Å². The summed E-state index contributed by atoms with van der Waals surface area (Å²) in [7, 11) is 0. The summed E-state index contributed by atoms with van der Waals surface area (Å²) in [6, 6.07) is -0.731. The van der Waals surface area contributed by atoms with Gasteiger partial charge in [0, 0.05) is 1.43 Å². The van der Waals surface area contributed by atoms with Crippen molar-refractivity contribution in [1.29, 1.82) is 0 Å². The molecule has 0 fully saturated rings. The predicted molar refractivity (Wildman–Crippen MR) is 21.2 cm³/mol.